The third-order valence-electron chi connectivity index (χ3n) is 5.54. The number of rotatable bonds is 10. The van der Waals surface area contributed by atoms with E-state index in [1.54, 1.807) is 0 Å². The Morgan fingerprint density at radius 1 is 0.400 bits per heavy atom. The standard InChI is InChI=1S/2C19H22.4C3H8/c2*1-15(2)19(16(3)4)10-8-6-7-9-18-13-11-17(5)12-14-18;4*1-3-2/h2*6-14H,1,3H2,2,4-5H3;4*3H2,1-2H3/b2*8-6+,9-7+;;;;. The first-order valence-electron chi connectivity index (χ1n) is 18.5. The second kappa shape index (κ2) is 37.7. The third-order valence-corrected chi connectivity index (χ3v) is 5.54. The van der Waals surface area contributed by atoms with E-state index >= 15 is 0 Å². The average molecular weight is 677 g/mol. The second-order valence-electron chi connectivity index (χ2n) is 12.4. The molecule has 0 unspecified atom stereocenters. The van der Waals surface area contributed by atoms with Gasteiger partial charge in [-0.1, -0.05) is 250 Å². The van der Waals surface area contributed by atoms with Crippen LogP contribution in [0, 0.1) is 13.8 Å². The monoisotopic (exact) mass is 677 g/mol. The Labute approximate surface area is 312 Å². The van der Waals surface area contributed by atoms with Gasteiger partial charge >= 0.3 is 0 Å². The molecule has 276 valence electrons. The number of aryl methyl sites for hydroxylation is 2. The fourth-order valence-electron chi connectivity index (χ4n) is 3.42. The molecule has 2 aromatic rings. The lowest BCUT2D eigenvalue weighted by atomic mass is 10.0. The number of allylic oxidation sites excluding steroid dienone is 14. The molecule has 0 atom stereocenters. The fourth-order valence-corrected chi connectivity index (χ4v) is 3.42. The van der Waals surface area contributed by atoms with Crippen LogP contribution in [-0.4, -0.2) is 0 Å². The molecule has 0 heteroatoms. The van der Waals surface area contributed by atoms with Crippen molar-refractivity contribution in [3.05, 3.63) is 179 Å². The van der Waals surface area contributed by atoms with E-state index in [4.69, 9.17) is 0 Å². The predicted octanol–water partition coefficient (Wildman–Crippen LogP) is 17.0. The third kappa shape index (κ3) is 35.2. The van der Waals surface area contributed by atoms with Gasteiger partial charge < -0.3 is 0 Å². The molecule has 0 amide bonds. The van der Waals surface area contributed by atoms with E-state index in [1.165, 1.54) is 47.9 Å². The summed E-state index contributed by atoms with van der Waals surface area (Å²) in [5.74, 6) is 0. The van der Waals surface area contributed by atoms with Gasteiger partial charge in [-0.15, -0.1) is 0 Å². The van der Waals surface area contributed by atoms with E-state index in [1.807, 2.05) is 76.3 Å². The molecule has 0 aromatic heterocycles. The number of hydrogen-bond donors (Lipinski definition) is 0. The molecule has 0 nitrogen and oxygen atoms in total. The molecular formula is C50H76. The first kappa shape index (κ1) is 52.6. The van der Waals surface area contributed by atoms with Crippen LogP contribution in [0.1, 0.15) is 131 Å². The van der Waals surface area contributed by atoms with Gasteiger partial charge in [0.05, 0.1) is 0 Å². The quantitative estimate of drug-likeness (QED) is 0.220. The van der Waals surface area contributed by atoms with Crippen LogP contribution in [0.4, 0.5) is 0 Å². The molecule has 0 fully saturated rings. The molecule has 2 rings (SSSR count). The summed E-state index contributed by atoms with van der Waals surface area (Å²) in [5, 5.41) is 0. The van der Waals surface area contributed by atoms with Crippen LogP contribution in [-0.2, 0) is 0 Å². The summed E-state index contributed by atoms with van der Waals surface area (Å²) in [6.45, 7) is 45.0. The molecular weight excluding hydrogens is 601 g/mol. The van der Waals surface area contributed by atoms with Crippen molar-refractivity contribution in [2.45, 2.75) is 123 Å². The maximum Gasteiger partial charge on any atom is -0.0210 e. The fraction of sp³-hybridized carbons (Fsp3) is 0.360. The lowest BCUT2D eigenvalue weighted by molar-refractivity contribution is 1.09. The highest BCUT2D eigenvalue weighted by molar-refractivity contribution is 5.53. The van der Waals surface area contributed by atoms with E-state index in [-0.39, 0.29) is 0 Å². The molecule has 0 N–H and O–H groups in total. The zero-order valence-electron chi connectivity index (χ0n) is 35.0. The van der Waals surface area contributed by atoms with Crippen LogP contribution in [0.3, 0.4) is 0 Å². The van der Waals surface area contributed by atoms with Crippen molar-refractivity contribution in [1.82, 2.24) is 0 Å². The Morgan fingerprint density at radius 3 is 0.820 bits per heavy atom. The van der Waals surface area contributed by atoms with Gasteiger partial charge in [-0.25, -0.2) is 0 Å². The van der Waals surface area contributed by atoms with Crippen molar-refractivity contribution in [2.24, 2.45) is 0 Å². The Balaban J connectivity index is -0.000000321. The minimum absolute atomic E-state index is 1.04. The highest BCUT2D eigenvalue weighted by Gasteiger charge is 1.96. The van der Waals surface area contributed by atoms with Crippen LogP contribution < -0.4 is 0 Å². The lowest BCUT2D eigenvalue weighted by Gasteiger charge is -2.03. The summed E-state index contributed by atoms with van der Waals surface area (Å²) in [5.41, 5.74) is 11.4. The summed E-state index contributed by atoms with van der Waals surface area (Å²) in [4.78, 5) is 0. The molecule has 50 heavy (non-hydrogen) atoms. The minimum atomic E-state index is 1.04. The van der Waals surface area contributed by atoms with Crippen LogP contribution in [0.25, 0.3) is 12.2 Å². The van der Waals surface area contributed by atoms with E-state index in [9.17, 15) is 0 Å². The van der Waals surface area contributed by atoms with Crippen molar-refractivity contribution < 1.29 is 0 Å². The van der Waals surface area contributed by atoms with Crippen molar-refractivity contribution >= 4 is 12.2 Å². The average Bonchev–Trinajstić information content (AvgIpc) is 3.03. The molecule has 0 heterocycles. The second-order valence-corrected chi connectivity index (χ2v) is 12.4. The van der Waals surface area contributed by atoms with Gasteiger partial charge in [0.2, 0.25) is 0 Å². The van der Waals surface area contributed by atoms with Crippen molar-refractivity contribution in [3.8, 4) is 0 Å². The van der Waals surface area contributed by atoms with E-state index in [0.717, 1.165) is 33.4 Å². The van der Waals surface area contributed by atoms with Crippen molar-refractivity contribution in [2.75, 3.05) is 0 Å². The first-order valence-corrected chi connectivity index (χ1v) is 18.5. The van der Waals surface area contributed by atoms with Gasteiger partial charge in [-0.2, -0.15) is 0 Å². The summed E-state index contributed by atoms with van der Waals surface area (Å²) in [6.07, 6.45) is 25.4. The van der Waals surface area contributed by atoms with Crippen molar-refractivity contribution in [3.63, 3.8) is 0 Å². The molecule has 0 saturated heterocycles. The first-order chi connectivity index (χ1) is 23.7. The zero-order chi connectivity index (χ0) is 39.3. The SMILES string of the molecule is C=C(C)C(=C/C=C/C=C/c1ccc(C)cc1)C(=C)C.C=C(C)C(=C/C=C/C=C/c1ccc(C)cc1)C(=C)C.CCC.CCC.CCC.CCC. The number of benzene rings is 2. The lowest BCUT2D eigenvalue weighted by Crippen LogP contribution is -1.83. The van der Waals surface area contributed by atoms with Gasteiger partial charge in [-0.05, 0) is 63.8 Å². The Kier molecular flexibility index (Phi) is 39.7. The van der Waals surface area contributed by atoms with Crippen LogP contribution in [0.5, 0.6) is 0 Å². The summed E-state index contributed by atoms with van der Waals surface area (Å²) >= 11 is 0. The minimum Gasteiger partial charge on any atom is -0.0955 e. The molecule has 0 radical (unpaired) electrons. The maximum absolute atomic E-state index is 3.95. The van der Waals surface area contributed by atoms with Gasteiger partial charge in [-0.3, -0.25) is 0 Å². The van der Waals surface area contributed by atoms with Crippen LogP contribution in [0.15, 0.2) is 157 Å². The Hall–Kier alpha value is -4.16. The maximum atomic E-state index is 3.95. The van der Waals surface area contributed by atoms with Gasteiger partial charge in [0.25, 0.3) is 0 Å². The van der Waals surface area contributed by atoms with Crippen LogP contribution >= 0.6 is 0 Å². The topological polar surface area (TPSA) is 0 Å². The van der Waals surface area contributed by atoms with Gasteiger partial charge in [0.1, 0.15) is 0 Å². The Morgan fingerprint density at radius 2 is 0.620 bits per heavy atom. The molecule has 0 bridgehead atoms. The largest absolute Gasteiger partial charge is 0.0955 e. The van der Waals surface area contributed by atoms with Gasteiger partial charge in [0.15, 0.2) is 0 Å². The highest BCUT2D eigenvalue weighted by atomic mass is 14.0. The molecule has 0 saturated carbocycles. The zero-order valence-corrected chi connectivity index (χ0v) is 35.0. The van der Waals surface area contributed by atoms with Crippen LogP contribution in [0.2, 0.25) is 0 Å². The van der Waals surface area contributed by atoms with E-state index in [0.29, 0.717) is 0 Å². The van der Waals surface area contributed by atoms with Gasteiger partial charge in [0, 0.05) is 0 Å². The normalized spacial score (nSPS) is 9.72. The molecule has 0 aliphatic rings. The molecule has 0 aliphatic heterocycles. The smallest absolute Gasteiger partial charge is 0.0210 e. The predicted molar refractivity (Wildman–Crippen MR) is 238 cm³/mol. The molecule has 0 spiro atoms. The van der Waals surface area contributed by atoms with Crippen molar-refractivity contribution in [1.29, 1.82) is 0 Å². The number of hydrogen-bond acceptors (Lipinski definition) is 0. The molecule has 2 aromatic carbocycles. The van der Waals surface area contributed by atoms with E-state index < -0.39 is 0 Å². The van der Waals surface area contributed by atoms with E-state index in [2.05, 4.69) is 156 Å². The Bertz CT molecular complexity index is 1200. The summed E-state index contributed by atoms with van der Waals surface area (Å²) in [6, 6.07) is 16.9. The highest BCUT2D eigenvalue weighted by Crippen LogP contribution is 2.16. The summed E-state index contributed by atoms with van der Waals surface area (Å²) in [7, 11) is 0. The summed E-state index contributed by atoms with van der Waals surface area (Å²) < 4.78 is 0. The molecule has 0 aliphatic carbocycles.